The zero-order valence-electron chi connectivity index (χ0n) is 9.37. The molecule has 3 nitrogen and oxygen atoms in total. The van der Waals surface area contributed by atoms with Gasteiger partial charge in [0.05, 0.1) is 11.5 Å². The van der Waals surface area contributed by atoms with Crippen molar-refractivity contribution in [3.8, 4) is 0 Å². The first-order chi connectivity index (χ1) is 8.39. The van der Waals surface area contributed by atoms with E-state index in [2.05, 4.69) is 5.32 Å². The molecule has 18 heavy (non-hydrogen) atoms. The molecule has 1 fully saturated rings. The number of alkyl halides is 3. The van der Waals surface area contributed by atoms with E-state index in [9.17, 15) is 18.0 Å². The van der Waals surface area contributed by atoms with E-state index in [0.29, 0.717) is 12.1 Å². The van der Waals surface area contributed by atoms with E-state index in [0.717, 1.165) is 12.1 Å². The van der Waals surface area contributed by atoms with Crippen LogP contribution in [0.1, 0.15) is 17.0 Å². The van der Waals surface area contributed by atoms with E-state index in [-0.39, 0.29) is 6.54 Å². The lowest BCUT2D eigenvalue weighted by Crippen LogP contribution is -2.21. The van der Waals surface area contributed by atoms with Crippen molar-refractivity contribution in [3.05, 3.63) is 35.4 Å². The van der Waals surface area contributed by atoms with Gasteiger partial charge in [0.15, 0.2) is 0 Å². The number of aliphatic carboxylic acids is 1. The third-order valence-electron chi connectivity index (χ3n) is 3.17. The molecule has 2 atom stereocenters. The third kappa shape index (κ3) is 2.48. The summed E-state index contributed by atoms with van der Waals surface area (Å²) in [6.45, 7) is 0.675. The maximum absolute atomic E-state index is 12.6. The predicted octanol–water partition coefficient (Wildman–Crippen LogP) is 2.09. The van der Waals surface area contributed by atoms with Crippen molar-refractivity contribution < 1.29 is 23.1 Å². The molecule has 1 aromatic rings. The van der Waals surface area contributed by atoms with Crippen molar-refractivity contribution in [3.63, 3.8) is 0 Å². The number of nitrogens with one attached hydrogen (secondary N) is 1. The summed E-state index contributed by atoms with van der Waals surface area (Å²) in [6, 6.07) is 4.88. The van der Waals surface area contributed by atoms with Crippen LogP contribution in [0.5, 0.6) is 0 Å². The molecule has 0 unspecified atom stereocenters. The summed E-state index contributed by atoms with van der Waals surface area (Å²) >= 11 is 0. The van der Waals surface area contributed by atoms with Crippen LogP contribution in [0.4, 0.5) is 13.2 Å². The van der Waals surface area contributed by atoms with Gasteiger partial charge in [-0.1, -0.05) is 18.2 Å². The first-order valence-corrected chi connectivity index (χ1v) is 5.50. The average molecular weight is 259 g/mol. The van der Waals surface area contributed by atoms with Crippen LogP contribution in [-0.2, 0) is 11.0 Å². The molecular formula is C12H12F3NO2. The van der Waals surface area contributed by atoms with Gasteiger partial charge in [-0.3, -0.25) is 4.79 Å². The molecule has 0 bridgehead atoms. The number of hydrogen-bond acceptors (Lipinski definition) is 2. The molecule has 0 aliphatic carbocycles. The van der Waals surface area contributed by atoms with Crippen LogP contribution >= 0.6 is 0 Å². The first-order valence-electron chi connectivity index (χ1n) is 5.50. The van der Waals surface area contributed by atoms with Crippen LogP contribution in [-0.4, -0.2) is 24.2 Å². The standard InChI is InChI=1S/C12H12F3NO2/c13-12(14,15)8-3-1-2-7(4-8)9-5-16-6-10(9)11(17)18/h1-4,9-10,16H,5-6H2,(H,17,18)/t9-,10+/m0/s1. The monoisotopic (exact) mass is 259 g/mol. The normalized spacial score (nSPS) is 24.2. The Morgan fingerprint density at radius 3 is 2.67 bits per heavy atom. The van der Waals surface area contributed by atoms with Crippen LogP contribution in [0.3, 0.4) is 0 Å². The van der Waals surface area contributed by atoms with Gasteiger partial charge in [0, 0.05) is 19.0 Å². The van der Waals surface area contributed by atoms with Gasteiger partial charge in [-0.2, -0.15) is 13.2 Å². The fraction of sp³-hybridized carbons (Fsp3) is 0.417. The summed E-state index contributed by atoms with van der Waals surface area (Å²) in [4.78, 5) is 11.0. The van der Waals surface area contributed by atoms with Crippen molar-refractivity contribution in [2.75, 3.05) is 13.1 Å². The number of carboxylic acids is 1. The van der Waals surface area contributed by atoms with Gasteiger partial charge in [-0.25, -0.2) is 0 Å². The highest BCUT2D eigenvalue weighted by Crippen LogP contribution is 2.34. The van der Waals surface area contributed by atoms with Gasteiger partial charge in [0.25, 0.3) is 0 Å². The Morgan fingerprint density at radius 2 is 2.06 bits per heavy atom. The Morgan fingerprint density at radius 1 is 1.33 bits per heavy atom. The molecule has 0 aromatic heterocycles. The highest BCUT2D eigenvalue weighted by molar-refractivity contribution is 5.72. The molecule has 6 heteroatoms. The van der Waals surface area contributed by atoms with E-state index in [1.807, 2.05) is 0 Å². The number of benzene rings is 1. The van der Waals surface area contributed by atoms with Gasteiger partial charge < -0.3 is 10.4 Å². The summed E-state index contributed by atoms with van der Waals surface area (Å²) < 4.78 is 37.7. The van der Waals surface area contributed by atoms with E-state index in [4.69, 9.17) is 5.11 Å². The maximum atomic E-state index is 12.6. The van der Waals surface area contributed by atoms with E-state index in [1.165, 1.54) is 6.07 Å². The first kappa shape index (κ1) is 12.9. The molecule has 1 aromatic carbocycles. The van der Waals surface area contributed by atoms with Gasteiger partial charge in [-0.05, 0) is 11.6 Å². The second-order valence-electron chi connectivity index (χ2n) is 4.33. The summed E-state index contributed by atoms with van der Waals surface area (Å²) in [5.41, 5.74) is -0.321. The summed E-state index contributed by atoms with van der Waals surface area (Å²) in [6.07, 6.45) is -4.40. The molecule has 2 rings (SSSR count). The van der Waals surface area contributed by atoms with E-state index < -0.39 is 29.5 Å². The van der Waals surface area contributed by atoms with Gasteiger partial charge >= 0.3 is 12.1 Å². The van der Waals surface area contributed by atoms with Crippen molar-refractivity contribution in [1.29, 1.82) is 0 Å². The Balaban J connectivity index is 2.31. The molecule has 0 amide bonds. The van der Waals surface area contributed by atoms with Gasteiger partial charge in [-0.15, -0.1) is 0 Å². The number of carbonyl (C=O) groups is 1. The number of halogens is 3. The third-order valence-corrected chi connectivity index (χ3v) is 3.17. The predicted molar refractivity (Wildman–Crippen MR) is 58.2 cm³/mol. The van der Waals surface area contributed by atoms with E-state index >= 15 is 0 Å². The van der Waals surface area contributed by atoms with Gasteiger partial charge in [0.2, 0.25) is 0 Å². The van der Waals surface area contributed by atoms with Gasteiger partial charge in [0.1, 0.15) is 0 Å². The second-order valence-corrected chi connectivity index (χ2v) is 4.33. The highest BCUT2D eigenvalue weighted by Gasteiger charge is 2.36. The lowest BCUT2D eigenvalue weighted by Gasteiger charge is -2.16. The molecule has 1 aliphatic rings. The second kappa shape index (κ2) is 4.61. The minimum Gasteiger partial charge on any atom is -0.481 e. The molecule has 1 heterocycles. The SMILES string of the molecule is O=C(O)[C@@H]1CNC[C@H]1c1cccc(C(F)(F)F)c1. The van der Waals surface area contributed by atoms with Crippen molar-refractivity contribution in [2.45, 2.75) is 12.1 Å². The summed E-state index contributed by atoms with van der Waals surface area (Å²) in [5, 5.41) is 11.9. The minimum absolute atomic E-state index is 0.288. The quantitative estimate of drug-likeness (QED) is 0.855. The summed E-state index contributed by atoms with van der Waals surface area (Å²) in [5.74, 6) is -2.07. The van der Waals surface area contributed by atoms with Crippen molar-refractivity contribution >= 4 is 5.97 Å². The zero-order valence-corrected chi connectivity index (χ0v) is 9.37. The number of carboxylic acid groups (broad SMARTS) is 1. The van der Waals surface area contributed by atoms with Crippen LogP contribution in [0.15, 0.2) is 24.3 Å². The van der Waals surface area contributed by atoms with Crippen molar-refractivity contribution in [2.24, 2.45) is 5.92 Å². The molecule has 1 aliphatic heterocycles. The average Bonchev–Trinajstić information content (AvgIpc) is 2.77. The number of rotatable bonds is 2. The molecule has 98 valence electrons. The largest absolute Gasteiger partial charge is 0.481 e. The van der Waals surface area contributed by atoms with Crippen LogP contribution in [0.25, 0.3) is 0 Å². The smallest absolute Gasteiger partial charge is 0.416 e. The Labute approximate surface area is 102 Å². The molecule has 0 spiro atoms. The molecular weight excluding hydrogens is 247 g/mol. The molecule has 0 saturated carbocycles. The number of hydrogen-bond donors (Lipinski definition) is 2. The lowest BCUT2D eigenvalue weighted by molar-refractivity contribution is -0.141. The van der Waals surface area contributed by atoms with Crippen LogP contribution in [0.2, 0.25) is 0 Å². The Hall–Kier alpha value is -1.56. The fourth-order valence-corrected chi connectivity index (χ4v) is 2.23. The van der Waals surface area contributed by atoms with Crippen molar-refractivity contribution in [1.82, 2.24) is 5.32 Å². The topological polar surface area (TPSA) is 49.3 Å². The van der Waals surface area contributed by atoms with E-state index in [1.54, 1.807) is 6.07 Å². The lowest BCUT2D eigenvalue weighted by atomic mass is 9.88. The highest BCUT2D eigenvalue weighted by atomic mass is 19.4. The zero-order chi connectivity index (χ0) is 13.3. The van der Waals surface area contributed by atoms with Crippen LogP contribution < -0.4 is 5.32 Å². The molecule has 1 saturated heterocycles. The Kier molecular flexibility index (Phi) is 3.30. The van der Waals surface area contributed by atoms with Crippen LogP contribution in [0, 0.1) is 5.92 Å². The fourth-order valence-electron chi connectivity index (χ4n) is 2.23. The minimum atomic E-state index is -4.40. The maximum Gasteiger partial charge on any atom is 0.416 e. The molecule has 0 radical (unpaired) electrons. The molecule has 2 N–H and O–H groups in total. The Bertz CT molecular complexity index is 459. The summed E-state index contributed by atoms with van der Waals surface area (Å²) in [7, 11) is 0.